The molecule has 0 radical (unpaired) electrons. The van der Waals surface area contributed by atoms with Crippen LogP contribution in [0.2, 0.25) is 0 Å². The minimum absolute atomic E-state index is 0.0118. The van der Waals surface area contributed by atoms with Crippen molar-refractivity contribution in [2.75, 3.05) is 26.3 Å². The molecule has 4 rings (SSSR count). The lowest BCUT2D eigenvalue weighted by molar-refractivity contribution is -0.619. The molecule has 4 N–H and O–H groups in total. The summed E-state index contributed by atoms with van der Waals surface area (Å²) in [6.07, 6.45) is 8.14. The van der Waals surface area contributed by atoms with Crippen molar-refractivity contribution in [2.45, 2.75) is 37.8 Å². The van der Waals surface area contributed by atoms with Crippen molar-refractivity contribution < 1.29 is 10.1 Å². The van der Waals surface area contributed by atoms with E-state index in [2.05, 4.69) is 19.9 Å². The molecular formula is C19H26N7O2+. The lowest BCUT2D eigenvalue weighted by Gasteiger charge is -2.42. The average Bonchev–Trinajstić information content (AvgIpc) is 2.68. The average molecular weight is 384 g/mol. The van der Waals surface area contributed by atoms with Crippen LogP contribution in [0.1, 0.15) is 48.8 Å². The second kappa shape index (κ2) is 8.26. The van der Waals surface area contributed by atoms with Gasteiger partial charge in [0.05, 0.1) is 31.0 Å². The van der Waals surface area contributed by atoms with E-state index >= 15 is 0 Å². The minimum atomic E-state index is -0.254. The van der Waals surface area contributed by atoms with Crippen LogP contribution in [0, 0.1) is 5.41 Å². The van der Waals surface area contributed by atoms with E-state index in [4.69, 9.17) is 15.1 Å². The third-order valence-electron chi connectivity index (χ3n) is 5.66. The summed E-state index contributed by atoms with van der Waals surface area (Å²) in [7, 11) is 0. The molecule has 9 heteroatoms. The highest BCUT2D eigenvalue weighted by molar-refractivity contribution is 5.80. The van der Waals surface area contributed by atoms with Crippen LogP contribution in [0.5, 0.6) is 0 Å². The zero-order chi connectivity index (χ0) is 19.5. The van der Waals surface area contributed by atoms with Crippen LogP contribution < -0.4 is 10.9 Å². The number of nitrogens with two attached hydrogens (primary N) is 1. The van der Waals surface area contributed by atoms with Gasteiger partial charge in [0.15, 0.2) is 0 Å². The molecule has 0 amide bonds. The van der Waals surface area contributed by atoms with Gasteiger partial charge in [-0.25, -0.2) is 0 Å². The monoisotopic (exact) mass is 384 g/mol. The summed E-state index contributed by atoms with van der Waals surface area (Å²) in [5, 5.41) is 9.66. The smallest absolute Gasteiger partial charge is 0.266 e. The third kappa shape index (κ3) is 3.87. The van der Waals surface area contributed by atoms with Crippen LogP contribution in [-0.4, -0.2) is 63.4 Å². The first-order valence-corrected chi connectivity index (χ1v) is 9.73. The number of aromatic nitrogens is 4. The Morgan fingerprint density at radius 1 is 1.36 bits per heavy atom. The molecule has 2 saturated heterocycles. The summed E-state index contributed by atoms with van der Waals surface area (Å²) in [4.78, 5) is 30.9. The second-order valence-corrected chi connectivity index (χ2v) is 7.47. The van der Waals surface area contributed by atoms with E-state index in [1.807, 2.05) is 18.4 Å². The molecule has 0 aromatic carbocycles. The molecule has 0 saturated carbocycles. The van der Waals surface area contributed by atoms with E-state index in [-0.39, 0.29) is 11.6 Å². The Morgan fingerprint density at radius 3 is 2.82 bits per heavy atom. The van der Waals surface area contributed by atoms with Crippen LogP contribution in [0.4, 0.5) is 5.82 Å². The van der Waals surface area contributed by atoms with E-state index in [0.717, 1.165) is 51.1 Å². The van der Waals surface area contributed by atoms with Gasteiger partial charge in [-0.1, -0.05) is 0 Å². The van der Waals surface area contributed by atoms with Crippen LogP contribution in [0.3, 0.4) is 0 Å². The number of quaternary nitrogens is 1. The highest BCUT2D eigenvalue weighted by Crippen LogP contribution is 2.31. The van der Waals surface area contributed by atoms with Gasteiger partial charge in [0.2, 0.25) is 5.82 Å². The summed E-state index contributed by atoms with van der Waals surface area (Å²) in [5.41, 5.74) is 1.07. The molecule has 2 fully saturated rings. The first kappa shape index (κ1) is 18.9. The van der Waals surface area contributed by atoms with Crippen LogP contribution in [0.25, 0.3) is 0 Å². The molecule has 9 nitrogen and oxygen atoms in total. The Morgan fingerprint density at radius 2 is 2.14 bits per heavy atom. The molecule has 2 aliphatic heterocycles. The maximum atomic E-state index is 12.5. The number of H-pyrrole nitrogens is 1. The Balaban J connectivity index is 1.49. The van der Waals surface area contributed by atoms with Crippen molar-refractivity contribution >= 4 is 12.0 Å². The minimum Gasteiger partial charge on any atom is -0.381 e. The van der Waals surface area contributed by atoms with Crippen LogP contribution in [0.15, 0.2) is 23.4 Å². The molecule has 0 unspecified atom stereocenters. The zero-order valence-electron chi connectivity index (χ0n) is 16.0. The fourth-order valence-electron chi connectivity index (χ4n) is 3.80. The maximum absolute atomic E-state index is 12.5. The van der Waals surface area contributed by atoms with E-state index in [9.17, 15) is 4.79 Å². The molecule has 1 atom stereocenters. The second-order valence-electron chi connectivity index (χ2n) is 7.47. The van der Waals surface area contributed by atoms with Crippen LogP contribution in [-0.2, 0) is 4.74 Å². The molecule has 2 aliphatic rings. The topological polar surface area (TPSA) is 124 Å². The van der Waals surface area contributed by atoms with Crippen molar-refractivity contribution in [2.24, 2.45) is 0 Å². The molecule has 0 aliphatic carbocycles. The SMILES string of the molecule is C[C@H](c1nc([NH2+]C2CCOCC2)c(C=N)c(=O)[nH]1)N1CC(c2cnccn2)C1. The van der Waals surface area contributed by atoms with E-state index < -0.39 is 0 Å². The fraction of sp³-hybridized carbons (Fsp3) is 0.526. The quantitative estimate of drug-likeness (QED) is 0.607. The molecule has 148 valence electrons. The first-order chi connectivity index (χ1) is 13.7. The van der Waals surface area contributed by atoms with Gasteiger partial charge in [-0.3, -0.25) is 25.0 Å². The first-order valence-electron chi connectivity index (χ1n) is 9.73. The summed E-state index contributed by atoms with van der Waals surface area (Å²) in [6.45, 7) is 5.22. The number of hydrogen-bond donors (Lipinski definition) is 3. The van der Waals surface area contributed by atoms with Gasteiger partial charge in [0.25, 0.3) is 5.56 Å². The van der Waals surface area contributed by atoms with E-state index in [1.54, 1.807) is 12.4 Å². The number of nitrogens with one attached hydrogen (secondary N) is 2. The summed E-state index contributed by atoms with van der Waals surface area (Å²) >= 11 is 0. The van der Waals surface area contributed by atoms with Gasteiger partial charge >= 0.3 is 0 Å². The highest BCUT2D eigenvalue weighted by Gasteiger charge is 2.34. The Bertz CT molecular complexity index is 874. The van der Waals surface area contributed by atoms with Gasteiger partial charge < -0.3 is 15.1 Å². The molecule has 2 aromatic heterocycles. The summed E-state index contributed by atoms with van der Waals surface area (Å²) < 4.78 is 5.41. The van der Waals surface area contributed by atoms with Crippen LogP contribution >= 0.6 is 0 Å². The predicted octanol–water partition coefficient (Wildman–Crippen LogP) is 0.0919. The largest absolute Gasteiger partial charge is 0.381 e. The third-order valence-corrected chi connectivity index (χ3v) is 5.66. The number of aromatic amines is 1. The Hall–Kier alpha value is -2.49. The van der Waals surface area contributed by atoms with Gasteiger partial charge in [-0.2, -0.15) is 4.98 Å². The predicted molar refractivity (Wildman–Crippen MR) is 103 cm³/mol. The molecule has 0 spiro atoms. The molecule has 0 bridgehead atoms. The molecule has 2 aromatic rings. The van der Waals surface area contributed by atoms with Crippen molar-refractivity contribution in [1.29, 1.82) is 5.41 Å². The van der Waals surface area contributed by atoms with Crippen molar-refractivity contribution in [1.82, 2.24) is 24.8 Å². The van der Waals surface area contributed by atoms with Crippen molar-refractivity contribution in [3.63, 3.8) is 0 Å². The molecule has 28 heavy (non-hydrogen) atoms. The Labute approximate surface area is 163 Å². The molecular weight excluding hydrogens is 358 g/mol. The number of nitrogens with zero attached hydrogens (tertiary/aromatic N) is 4. The fourth-order valence-corrected chi connectivity index (χ4v) is 3.80. The van der Waals surface area contributed by atoms with Crippen molar-refractivity contribution in [3.8, 4) is 0 Å². The number of hydrogen-bond acceptors (Lipinski definition) is 7. The highest BCUT2D eigenvalue weighted by atomic mass is 16.5. The number of ether oxygens (including phenoxy) is 1. The number of likely N-dealkylation sites (tertiary alicyclic amines) is 1. The lowest BCUT2D eigenvalue weighted by Crippen LogP contribution is -2.86. The lowest BCUT2D eigenvalue weighted by atomic mass is 9.94. The van der Waals surface area contributed by atoms with Gasteiger partial charge in [0.1, 0.15) is 11.4 Å². The van der Waals surface area contributed by atoms with E-state index in [1.165, 1.54) is 0 Å². The van der Waals surface area contributed by atoms with Crippen molar-refractivity contribution in [3.05, 3.63) is 46.0 Å². The Kier molecular flexibility index (Phi) is 5.56. The molecule has 4 heterocycles. The van der Waals surface area contributed by atoms with E-state index in [0.29, 0.717) is 29.2 Å². The standard InChI is InChI=1S/C19H25N7O2/c1-12(26-10-13(11-26)16-9-21-4-5-22-16)17-24-18(15(8-20)19(27)25-17)23-14-2-6-28-7-3-14/h4-5,8-9,12-14,20H,2-3,6-7,10-11H2,1H3,(H2,23,24,25,27)/p+1/t12-/m1/s1. The van der Waals surface area contributed by atoms with Gasteiger partial charge in [-0.05, 0) is 6.92 Å². The van der Waals surface area contributed by atoms with Gasteiger partial charge in [0, 0.05) is 56.7 Å². The maximum Gasteiger partial charge on any atom is 0.266 e. The summed E-state index contributed by atoms with van der Waals surface area (Å²) in [6, 6.07) is 0.317. The number of rotatable bonds is 6. The zero-order valence-corrected chi connectivity index (χ0v) is 16.0. The normalized spacial score (nSPS) is 19.9. The van der Waals surface area contributed by atoms with Gasteiger partial charge in [-0.15, -0.1) is 0 Å². The summed E-state index contributed by atoms with van der Waals surface area (Å²) in [5.74, 6) is 1.61.